The largest absolute Gasteiger partial charge is 0.218 e. The molecule has 0 aliphatic heterocycles. The van der Waals surface area contributed by atoms with E-state index in [4.69, 9.17) is 46.4 Å². The standard InChI is InChI=1S/C12H6Cl4O2S/c13-7-1-3-9(15)11(5-7)19(17,18)12-6-8(14)2-4-10(12)16/h1-6H. The van der Waals surface area contributed by atoms with Crippen LogP contribution in [0.15, 0.2) is 46.2 Å². The summed E-state index contributed by atoms with van der Waals surface area (Å²) in [6, 6.07) is 8.38. The van der Waals surface area contributed by atoms with Gasteiger partial charge in [0.15, 0.2) is 0 Å². The fourth-order valence-electron chi connectivity index (χ4n) is 1.48. The molecule has 19 heavy (non-hydrogen) atoms. The van der Waals surface area contributed by atoms with Crippen LogP contribution in [0, 0.1) is 0 Å². The molecule has 2 rings (SSSR count). The van der Waals surface area contributed by atoms with Crippen molar-refractivity contribution in [2.45, 2.75) is 9.79 Å². The van der Waals surface area contributed by atoms with Crippen molar-refractivity contribution in [3.63, 3.8) is 0 Å². The third-order valence-corrected chi connectivity index (χ3v) is 5.55. The Kier molecular flexibility index (Phi) is 4.33. The molecule has 7 heteroatoms. The summed E-state index contributed by atoms with van der Waals surface area (Å²) in [5, 5.41) is 0.670. The van der Waals surface area contributed by atoms with Gasteiger partial charge in [0.2, 0.25) is 9.84 Å². The zero-order chi connectivity index (χ0) is 14.2. The Labute approximate surface area is 130 Å². The number of benzene rings is 2. The average Bonchev–Trinajstić information content (AvgIpc) is 2.35. The van der Waals surface area contributed by atoms with E-state index in [9.17, 15) is 8.42 Å². The number of sulfone groups is 1. The summed E-state index contributed by atoms with van der Waals surface area (Å²) >= 11 is 23.4. The molecular formula is C12H6Cl4O2S. The van der Waals surface area contributed by atoms with Crippen molar-refractivity contribution in [1.29, 1.82) is 0 Å². The molecule has 2 aromatic rings. The van der Waals surface area contributed by atoms with Gasteiger partial charge in [0.1, 0.15) is 0 Å². The maximum Gasteiger partial charge on any atom is 0.209 e. The number of halogens is 4. The van der Waals surface area contributed by atoms with Gasteiger partial charge < -0.3 is 0 Å². The first-order chi connectivity index (χ1) is 8.82. The van der Waals surface area contributed by atoms with Crippen molar-refractivity contribution in [2.75, 3.05) is 0 Å². The van der Waals surface area contributed by atoms with Crippen molar-refractivity contribution in [3.05, 3.63) is 56.5 Å². The molecule has 0 radical (unpaired) electrons. The van der Waals surface area contributed by atoms with Crippen LogP contribution in [0.1, 0.15) is 0 Å². The lowest BCUT2D eigenvalue weighted by Crippen LogP contribution is -2.03. The van der Waals surface area contributed by atoms with Gasteiger partial charge in [-0.05, 0) is 36.4 Å². The van der Waals surface area contributed by atoms with Gasteiger partial charge in [-0.15, -0.1) is 0 Å². The lowest BCUT2D eigenvalue weighted by atomic mass is 10.3. The normalized spacial score (nSPS) is 11.6. The van der Waals surface area contributed by atoms with Crippen LogP contribution < -0.4 is 0 Å². The number of rotatable bonds is 2. The van der Waals surface area contributed by atoms with Gasteiger partial charge in [0.05, 0.1) is 19.8 Å². The minimum atomic E-state index is -3.88. The van der Waals surface area contributed by atoms with Gasteiger partial charge in [-0.25, -0.2) is 8.42 Å². The predicted molar refractivity (Wildman–Crippen MR) is 78.4 cm³/mol. The van der Waals surface area contributed by atoms with Gasteiger partial charge in [0, 0.05) is 10.0 Å². The summed E-state index contributed by atoms with van der Waals surface area (Å²) < 4.78 is 25.0. The molecule has 2 aromatic carbocycles. The molecule has 0 bridgehead atoms. The first kappa shape index (κ1) is 14.9. The molecule has 0 aromatic heterocycles. The van der Waals surface area contributed by atoms with Crippen molar-refractivity contribution in [3.8, 4) is 0 Å². The highest BCUT2D eigenvalue weighted by molar-refractivity contribution is 7.91. The molecule has 0 spiro atoms. The summed E-state index contributed by atoms with van der Waals surface area (Å²) in [7, 11) is -3.88. The van der Waals surface area contributed by atoms with Crippen molar-refractivity contribution in [2.24, 2.45) is 0 Å². The highest BCUT2D eigenvalue weighted by Gasteiger charge is 2.24. The van der Waals surface area contributed by atoms with Crippen LogP contribution in [-0.2, 0) is 9.84 Å². The molecule has 0 amide bonds. The highest BCUT2D eigenvalue weighted by atomic mass is 35.5. The Morgan fingerprint density at radius 3 is 1.42 bits per heavy atom. The van der Waals surface area contributed by atoms with E-state index >= 15 is 0 Å². The first-order valence-electron chi connectivity index (χ1n) is 4.97. The Morgan fingerprint density at radius 1 is 0.684 bits per heavy atom. The third kappa shape index (κ3) is 3.01. The van der Waals surface area contributed by atoms with Crippen LogP contribution in [0.4, 0.5) is 0 Å². The van der Waals surface area contributed by atoms with Crippen LogP contribution >= 0.6 is 46.4 Å². The maximum atomic E-state index is 12.5. The van der Waals surface area contributed by atoms with Gasteiger partial charge in [-0.1, -0.05) is 46.4 Å². The summed E-state index contributed by atoms with van der Waals surface area (Å²) in [4.78, 5) is -0.211. The van der Waals surface area contributed by atoms with E-state index in [1.807, 2.05) is 0 Å². The van der Waals surface area contributed by atoms with Gasteiger partial charge in [-0.3, -0.25) is 0 Å². The summed E-state index contributed by atoms with van der Waals surface area (Å²) in [6.07, 6.45) is 0. The fourth-order valence-corrected chi connectivity index (χ4v) is 4.25. The van der Waals surface area contributed by atoms with E-state index in [2.05, 4.69) is 0 Å². The van der Waals surface area contributed by atoms with E-state index in [1.54, 1.807) is 0 Å². The first-order valence-corrected chi connectivity index (χ1v) is 7.97. The Hall–Kier alpha value is -0.450. The smallest absolute Gasteiger partial charge is 0.209 e. The molecule has 0 atom stereocenters. The molecule has 0 aliphatic carbocycles. The highest BCUT2D eigenvalue weighted by Crippen LogP contribution is 2.34. The Morgan fingerprint density at radius 2 is 1.05 bits per heavy atom. The van der Waals surface area contributed by atoms with Gasteiger partial charge in [0.25, 0.3) is 0 Å². The second kappa shape index (κ2) is 5.51. The molecule has 0 unspecified atom stereocenters. The molecular weight excluding hydrogens is 350 g/mol. The summed E-state index contributed by atoms with van der Waals surface area (Å²) in [5.74, 6) is 0. The third-order valence-electron chi connectivity index (χ3n) is 2.37. The van der Waals surface area contributed by atoms with E-state index in [0.717, 1.165) is 0 Å². The van der Waals surface area contributed by atoms with Crippen LogP contribution in [0.2, 0.25) is 20.1 Å². The topological polar surface area (TPSA) is 34.1 Å². The van der Waals surface area contributed by atoms with E-state index in [-0.39, 0.29) is 29.9 Å². The SMILES string of the molecule is O=S(=O)(c1cc(Cl)ccc1Cl)c1cc(Cl)ccc1Cl. The monoisotopic (exact) mass is 354 g/mol. The van der Waals surface area contributed by atoms with E-state index < -0.39 is 9.84 Å². The van der Waals surface area contributed by atoms with Crippen LogP contribution in [-0.4, -0.2) is 8.42 Å². The van der Waals surface area contributed by atoms with E-state index in [0.29, 0.717) is 0 Å². The predicted octanol–water partition coefficient (Wildman–Crippen LogP) is 5.13. The second-order valence-electron chi connectivity index (χ2n) is 3.65. The van der Waals surface area contributed by atoms with E-state index in [1.165, 1.54) is 36.4 Å². The summed E-state index contributed by atoms with van der Waals surface area (Å²) in [5.41, 5.74) is 0. The van der Waals surface area contributed by atoms with Crippen molar-refractivity contribution < 1.29 is 8.42 Å². The van der Waals surface area contributed by atoms with Crippen molar-refractivity contribution >= 4 is 56.2 Å². The maximum absolute atomic E-state index is 12.5. The van der Waals surface area contributed by atoms with Crippen molar-refractivity contribution in [1.82, 2.24) is 0 Å². The molecule has 0 heterocycles. The quantitative estimate of drug-likeness (QED) is 0.747. The zero-order valence-corrected chi connectivity index (χ0v) is 13.0. The summed E-state index contributed by atoms with van der Waals surface area (Å²) in [6.45, 7) is 0. The number of hydrogen-bond acceptors (Lipinski definition) is 2. The van der Waals surface area contributed by atoms with Crippen LogP contribution in [0.3, 0.4) is 0 Å². The molecule has 0 N–H and O–H groups in total. The molecule has 100 valence electrons. The van der Waals surface area contributed by atoms with Crippen LogP contribution in [0.5, 0.6) is 0 Å². The average molecular weight is 356 g/mol. The Bertz CT molecular complexity index is 684. The molecule has 0 saturated heterocycles. The lowest BCUT2D eigenvalue weighted by Gasteiger charge is -2.09. The van der Waals surface area contributed by atoms with Crippen LogP contribution in [0.25, 0.3) is 0 Å². The molecule has 0 fully saturated rings. The molecule has 0 saturated carbocycles. The second-order valence-corrected chi connectivity index (χ2v) is 7.23. The molecule has 2 nitrogen and oxygen atoms in total. The molecule has 0 aliphatic rings. The zero-order valence-electron chi connectivity index (χ0n) is 9.20. The minimum absolute atomic E-state index is 0.0699. The van der Waals surface area contributed by atoms with Gasteiger partial charge in [-0.2, -0.15) is 0 Å². The Balaban J connectivity index is 2.72. The van der Waals surface area contributed by atoms with Gasteiger partial charge >= 0.3 is 0 Å². The minimum Gasteiger partial charge on any atom is -0.218 e. The number of hydrogen-bond donors (Lipinski definition) is 0. The lowest BCUT2D eigenvalue weighted by molar-refractivity contribution is 0.596. The fraction of sp³-hybridized carbons (Fsp3) is 0.